The van der Waals surface area contributed by atoms with Crippen molar-refractivity contribution in [2.45, 2.75) is 56.3 Å². The Bertz CT molecular complexity index is 1020. The smallest absolute Gasteiger partial charge is 0.438 e. The molecule has 5 nitrogen and oxygen atoms in total. The zero-order valence-corrected chi connectivity index (χ0v) is 17.8. The van der Waals surface area contributed by atoms with Crippen molar-refractivity contribution in [3.8, 4) is 5.75 Å². The van der Waals surface area contributed by atoms with Crippen molar-refractivity contribution in [3.63, 3.8) is 0 Å². The van der Waals surface area contributed by atoms with Crippen LogP contribution in [0.4, 0.5) is 17.6 Å². The number of benzene rings is 2. The van der Waals surface area contributed by atoms with Crippen molar-refractivity contribution < 1.29 is 32.2 Å². The quantitative estimate of drug-likeness (QED) is 0.624. The van der Waals surface area contributed by atoms with Crippen molar-refractivity contribution in [1.29, 1.82) is 0 Å². The lowest BCUT2D eigenvalue weighted by Crippen LogP contribution is -2.57. The van der Waals surface area contributed by atoms with Gasteiger partial charge in [0, 0.05) is 0 Å². The van der Waals surface area contributed by atoms with E-state index in [2.05, 4.69) is 5.10 Å². The summed E-state index contributed by atoms with van der Waals surface area (Å²) in [6.07, 6.45) is -0.257. The van der Waals surface area contributed by atoms with E-state index < -0.39 is 36.7 Å². The third kappa shape index (κ3) is 4.88. The molecule has 1 aliphatic heterocycles. The van der Waals surface area contributed by atoms with E-state index in [0.717, 1.165) is 25.0 Å². The van der Waals surface area contributed by atoms with Crippen molar-refractivity contribution in [3.05, 3.63) is 65.5 Å². The van der Waals surface area contributed by atoms with Crippen LogP contribution in [-0.2, 0) is 4.79 Å². The number of alkyl halides is 3. The van der Waals surface area contributed by atoms with Crippen LogP contribution >= 0.6 is 0 Å². The first-order chi connectivity index (χ1) is 15.7. The minimum atomic E-state index is -5.16. The summed E-state index contributed by atoms with van der Waals surface area (Å²) in [6, 6.07) is 11.8. The fourth-order valence-electron chi connectivity index (χ4n) is 4.31. The number of nitrogens with zero attached hydrogens (tertiary/aromatic N) is 2. The molecule has 1 N–H and O–H groups in total. The molecule has 1 amide bonds. The van der Waals surface area contributed by atoms with Crippen LogP contribution in [0.3, 0.4) is 0 Å². The van der Waals surface area contributed by atoms with E-state index in [-0.39, 0.29) is 16.3 Å². The minimum absolute atomic E-state index is 0.0160. The van der Waals surface area contributed by atoms with Gasteiger partial charge in [-0.1, -0.05) is 43.5 Å². The van der Waals surface area contributed by atoms with E-state index in [0.29, 0.717) is 11.7 Å². The van der Waals surface area contributed by atoms with Gasteiger partial charge in [-0.15, -0.1) is 0 Å². The number of carbonyl (C=O) groups excluding carboxylic acids is 1. The third-order valence-corrected chi connectivity index (χ3v) is 6.17. The van der Waals surface area contributed by atoms with Gasteiger partial charge >= 0.3 is 6.18 Å². The lowest BCUT2D eigenvalue weighted by Gasteiger charge is -2.32. The second-order valence-electron chi connectivity index (χ2n) is 8.44. The maximum Gasteiger partial charge on any atom is 0.438 e. The number of carbonyl (C=O) groups is 1. The summed E-state index contributed by atoms with van der Waals surface area (Å²) >= 11 is 0. The molecule has 2 aliphatic rings. The Morgan fingerprint density at radius 3 is 2.30 bits per heavy atom. The number of halogens is 4. The first-order valence-electron chi connectivity index (χ1n) is 10.9. The van der Waals surface area contributed by atoms with Gasteiger partial charge in [0.25, 0.3) is 11.6 Å². The molecule has 176 valence electrons. The predicted octanol–water partition coefficient (Wildman–Crippen LogP) is 5.14. The van der Waals surface area contributed by atoms with Gasteiger partial charge in [0.2, 0.25) is 0 Å². The largest absolute Gasteiger partial charge is 0.484 e. The fourth-order valence-corrected chi connectivity index (χ4v) is 4.31. The van der Waals surface area contributed by atoms with E-state index in [4.69, 9.17) is 4.74 Å². The van der Waals surface area contributed by atoms with E-state index >= 15 is 0 Å². The summed E-state index contributed by atoms with van der Waals surface area (Å²) in [5, 5.41) is 14.1. The summed E-state index contributed by atoms with van der Waals surface area (Å²) in [5.41, 5.74) is -2.34. The van der Waals surface area contributed by atoms with Gasteiger partial charge in [-0.3, -0.25) is 4.79 Å². The molecule has 1 fully saturated rings. The summed E-state index contributed by atoms with van der Waals surface area (Å²) in [6.45, 7) is -0.735. The van der Waals surface area contributed by atoms with Crippen LogP contribution in [-0.4, -0.2) is 40.2 Å². The van der Waals surface area contributed by atoms with Crippen molar-refractivity contribution in [2.24, 2.45) is 5.10 Å². The monoisotopic (exact) mass is 464 g/mol. The maximum absolute atomic E-state index is 13.7. The van der Waals surface area contributed by atoms with Crippen LogP contribution in [0.5, 0.6) is 5.75 Å². The molecular weight excluding hydrogens is 440 g/mol. The molecule has 4 rings (SSSR count). The molecule has 0 radical (unpaired) electrons. The van der Waals surface area contributed by atoms with Crippen LogP contribution in [0, 0.1) is 5.82 Å². The predicted molar refractivity (Wildman–Crippen MR) is 113 cm³/mol. The number of amides is 1. The van der Waals surface area contributed by atoms with Crippen molar-refractivity contribution in [2.75, 3.05) is 6.61 Å². The number of ether oxygens (including phenoxy) is 1. The average Bonchev–Trinajstić information content (AvgIpc) is 3.18. The van der Waals surface area contributed by atoms with E-state index in [1.165, 1.54) is 37.0 Å². The van der Waals surface area contributed by atoms with Gasteiger partial charge in [-0.2, -0.15) is 23.3 Å². The molecule has 2 aromatic carbocycles. The third-order valence-electron chi connectivity index (χ3n) is 6.17. The lowest BCUT2D eigenvalue weighted by molar-refractivity contribution is -0.302. The van der Waals surface area contributed by atoms with Crippen LogP contribution in [0.2, 0.25) is 0 Å². The zero-order chi connectivity index (χ0) is 23.6. The Kier molecular flexibility index (Phi) is 6.43. The summed E-state index contributed by atoms with van der Waals surface area (Å²) in [5.74, 6) is -0.900. The van der Waals surface area contributed by atoms with Gasteiger partial charge in [0.15, 0.2) is 6.61 Å². The fraction of sp³-hybridized carbons (Fsp3) is 0.417. The highest BCUT2D eigenvalue weighted by Gasteiger charge is 2.63. The molecule has 33 heavy (non-hydrogen) atoms. The molecule has 0 saturated heterocycles. The lowest BCUT2D eigenvalue weighted by atomic mass is 9.84. The second-order valence-corrected chi connectivity index (χ2v) is 8.44. The molecule has 0 unspecified atom stereocenters. The molecule has 1 saturated carbocycles. The SMILES string of the molecule is O=C(COc1ccc(C2CCCCC2)cc1)N1N=C(c2ccc(F)cc2)C[C@@]1(O)C(F)(F)F. The first-order valence-corrected chi connectivity index (χ1v) is 10.9. The van der Waals surface area contributed by atoms with Gasteiger partial charge in [-0.25, -0.2) is 4.39 Å². The molecule has 0 bridgehead atoms. The highest BCUT2D eigenvalue weighted by molar-refractivity contribution is 6.03. The highest BCUT2D eigenvalue weighted by atomic mass is 19.4. The van der Waals surface area contributed by atoms with Crippen molar-refractivity contribution >= 4 is 11.6 Å². The number of rotatable bonds is 5. The summed E-state index contributed by atoms with van der Waals surface area (Å²) < 4.78 is 59.6. The topological polar surface area (TPSA) is 62.1 Å². The summed E-state index contributed by atoms with van der Waals surface area (Å²) in [4.78, 5) is 12.6. The highest BCUT2D eigenvalue weighted by Crippen LogP contribution is 2.41. The number of hydrazone groups is 1. The van der Waals surface area contributed by atoms with E-state index in [1.54, 1.807) is 12.1 Å². The molecule has 1 aliphatic carbocycles. The average molecular weight is 464 g/mol. The van der Waals surface area contributed by atoms with Gasteiger partial charge in [0.05, 0.1) is 12.1 Å². The maximum atomic E-state index is 13.7. The van der Waals surface area contributed by atoms with Gasteiger partial charge in [0.1, 0.15) is 11.6 Å². The normalized spacial score (nSPS) is 21.7. The number of hydrogen-bond acceptors (Lipinski definition) is 4. The van der Waals surface area contributed by atoms with Crippen LogP contribution in [0.25, 0.3) is 0 Å². The van der Waals surface area contributed by atoms with Gasteiger partial charge in [-0.05, 0) is 54.2 Å². The standard InChI is InChI=1S/C24H24F4N2O3/c25-19-10-6-18(7-11-19)21-14-23(32,24(26,27)28)30(29-21)22(31)15-33-20-12-8-17(9-13-20)16-4-2-1-3-5-16/h6-13,16,32H,1-5,14-15H2/t23-/m1/s1. The minimum Gasteiger partial charge on any atom is -0.484 e. The summed E-state index contributed by atoms with van der Waals surface area (Å²) in [7, 11) is 0. The van der Waals surface area contributed by atoms with Crippen molar-refractivity contribution in [1.82, 2.24) is 5.01 Å². The first kappa shape index (κ1) is 23.2. The van der Waals surface area contributed by atoms with E-state index in [9.17, 15) is 27.5 Å². The van der Waals surface area contributed by atoms with Crippen LogP contribution in [0.15, 0.2) is 53.6 Å². The van der Waals surface area contributed by atoms with Crippen LogP contribution in [0.1, 0.15) is 55.6 Å². The zero-order valence-electron chi connectivity index (χ0n) is 17.8. The molecule has 0 aromatic heterocycles. The molecule has 0 spiro atoms. The molecule has 2 aromatic rings. The van der Waals surface area contributed by atoms with Gasteiger partial charge < -0.3 is 9.84 Å². The number of aliphatic hydroxyl groups is 1. The Balaban J connectivity index is 1.47. The Morgan fingerprint density at radius 2 is 1.70 bits per heavy atom. The molecule has 1 heterocycles. The Labute approximate surface area is 188 Å². The Morgan fingerprint density at radius 1 is 1.06 bits per heavy atom. The molecule has 1 atom stereocenters. The molecule has 9 heteroatoms. The van der Waals surface area contributed by atoms with Crippen LogP contribution < -0.4 is 4.74 Å². The van der Waals surface area contributed by atoms with E-state index in [1.807, 2.05) is 12.1 Å². The second kappa shape index (κ2) is 9.13. The molecular formula is C24H24F4N2O3. The Hall–Kier alpha value is -2.94. The number of hydrogen-bond donors (Lipinski definition) is 1.